The van der Waals surface area contributed by atoms with Gasteiger partial charge < -0.3 is 10.6 Å². The van der Waals surface area contributed by atoms with E-state index in [2.05, 4.69) is 45.8 Å². The van der Waals surface area contributed by atoms with Crippen molar-refractivity contribution >= 4 is 5.84 Å². The molecule has 0 radical (unpaired) electrons. The van der Waals surface area contributed by atoms with E-state index < -0.39 is 0 Å². The second-order valence-corrected chi connectivity index (χ2v) is 9.62. The van der Waals surface area contributed by atoms with Crippen molar-refractivity contribution in [3.63, 3.8) is 0 Å². The van der Waals surface area contributed by atoms with Crippen LogP contribution in [0.4, 0.5) is 4.39 Å². The molecule has 0 amide bonds. The highest BCUT2D eigenvalue weighted by atomic mass is 19.1. The fourth-order valence-corrected chi connectivity index (χ4v) is 5.47. The van der Waals surface area contributed by atoms with E-state index in [1.54, 1.807) is 30.1 Å². The molecule has 2 N–H and O–H groups in total. The zero-order valence-corrected chi connectivity index (χ0v) is 19.8. The number of benzene rings is 1. The first-order chi connectivity index (χ1) is 16.4. The van der Waals surface area contributed by atoms with Crippen molar-refractivity contribution < 1.29 is 4.39 Å². The zero-order chi connectivity index (χ0) is 23.9. The number of nitrogens with zero attached hydrogens (tertiary/aromatic N) is 5. The molecule has 6 nitrogen and oxygen atoms in total. The number of allylic oxidation sites excluding steroid dienone is 1. The summed E-state index contributed by atoms with van der Waals surface area (Å²) < 4.78 is 16.4. The number of fused-ring (bicyclic) bond motifs is 1. The van der Waals surface area contributed by atoms with Gasteiger partial charge in [-0.15, -0.1) is 0 Å². The fourth-order valence-electron chi connectivity index (χ4n) is 5.47. The molecule has 0 unspecified atom stereocenters. The number of aryl methyl sites for hydroxylation is 1. The van der Waals surface area contributed by atoms with E-state index in [0.29, 0.717) is 17.8 Å². The first-order valence-corrected chi connectivity index (χ1v) is 11.8. The van der Waals surface area contributed by atoms with Gasteiger partial charge in [0.05, 0.1) is 12.2 Å². The Balaban J connectivity index is 1.39. The average Bonchev–Trinajstić information content (AvgIpc) is 3.39. The molecule has 1 aromatic carbocycles. The second kappa shape index (κ2) is 8.80. The highest BCUT2D eigenvalue weighted by Gasteiger charge is 2.46. The lowest BCUT2D eigenvalue weighted by Crippen LogP contribution is -2.47. The highest BCUT2D eigenvalue weighted by Crippen LogP contribution is 2.50. The smallest absolute Gasteiger partial charge is 0.154 e. The lowest BCUT2D eigenvalue weighted by atomic mass is 9.73. The van der Waals surface area contributed by atoms with Crippen LogP contribution in [-0.4, -0.2) is 38.6 Å². The molecular weight excluding hydrogens is 427 g/mol. The van der Waals surface area contributed by atoms with E-state index in [4.69, 9.17) is 10.7 Å². The van der Waals surface area contributed by atoms with Crippen LogP contribution in [0.3, 0.4) is 0 Å². The van der Waals surface area contributed by atoms with Gasteiger partial charge in [0.15, 0.2) is 5.84 Å². The summed E-state index contributed by atoms with van der Waals surface area (Å²) in [7, 11) is 0. The molecule has 1 fully saturated rings. The highest BCUT2D eigenvalue weighted by molar-refractivity contribution is 5.98. The van der Waals surface area contributed by atoms with Gasteiger partial charge in [-0.2, -0.15) is 5.10 Å². The summed E-state index contributed by atoms with van der Waals surface area (Å²) in [5.41, 5.74) is 12.1. The van der Waals surface area contributed by atoms with E-state index >= 15 is 0 Å². The molecule has 1 aliphatic carbocycles. The molecule has 7 heteroatoms. The molecule has 1 spiro atoms. The Morgan fingerprint density at radius 2 is 1.97 bits per heavy atom. The van der Waals surface area contributed by atoms with E-state index in [1.807, 2.05) is 13.0 Å². The Labute approximate surface area is 200 Å². The third-order valence-corrected chi connectivity index (χ3v) is 7.36. The summed E-state index contributed by atoms with van der Waals surface area (Å²) >= 11 is 0. The van der Waals surface area contributed by atoms with Crippen LogP contribution < -0.4 is 5.73 Å². The molecule has 3 heterocycles. The number of halogens is 1. The molecular formula is C27H31FN6. The van der Waals surface area contributed by atoms with Gasteiger partial charge in [0.25, 0.3) is 0 Å². The van der Waals surface area contributed by atoms with E-state index in [9.17, 15) is 4.39 Å². The third kappa shape index (κ3) is 3.94. The quantitative estimate of drug-likeness (QED) is 0.465. The maximum absolute atomic E-state index is 14.6. The number of amidine groups is 1. The van der Waals surface area contributed by atoms with Crippen LogP contribution in [0, 0.1) is 18.2 Å². The first-order valence-electron chi connectivity index (χ1n) is 11.8. The minimum atomic E-state index is -0.294. The number of pyridine rings is 1. The van der Waals surface area contributed by atoms with Crippen molar-refractivity contribution in [2.45, 2.75) is 45.7 Å². The molecule has 5 rings (SSSR count). The Hall–Kier alpha value is -3.32. The second-order valence-electron chi connectivity index (χ2n) is 9.62. The SMILES string of the molecule is C=C(C)/N=C(\c1ccnn1Cc1ccnc(C)c1F)N1CCC2(CC1)Cc1ccccc1[C@H]2N. The summed E-state index contributed by atoms with van der Waals surface area (Å²) in [4.78, 5) is 11.1. The molecule has 1 saturated heterocycles. The Morgan fingerprint density at radius 1 is 1.21 bits per heavy atom. The normalized spacial score (nSPS) is 19.5. The Kier molecular flexibility index (Phi) is 5.81. The number of hydrogen-bond donors (Lipinski definition) is 1. The molecule has 2 aromatic heterocycles. The molecule has 1 atom stereocenters. The molecule has 0 bridgehead atoms. The van der Waals surface area contributed by atoms with Crippen molar-refractivity contribution in [1.82, 2.24) is 19.7 Å². The van der Waals surface area contributed by atoms with Gasteiger partial charge in [0, 0.05) is 42.8 Å². The van der Waals surface area contributed by atoms with Crippen LogP contribution in [0.5, 0.6) is 0 Å². The number of aromatic nitrogens is 3. The van der Waals surface area contributed by atoms with Gasteiger partial charge in [-0.3, -0.25) is 9.67 Å². The predicted octanol–water partition coefficient (Wildman–Crippen LogP) is 4.39. The molecule has 1 aliphatic heterocycles. The first kappa shape index (κ1) is 22.5. The van der Waals surface area contributed by atoms with Gasteiger partial charge in [0.1, 0.15) is 11.5 Å². The lowest BCUT2D eigenvalue weighted by Gasteiger charge is -2.43. The third-order valence-electron chi connectivity index (χ3n) is 7.36. The summed E-state index contributed by atoms with van der Waals surface area (Å²) in [5.74, 6) is 0.534. The fraction of sp³-hybridized carbons (Fsp3) is 0.370. The van der Waals surface area contributed by atoms with Crippen LogP contribution in [0.25, 0.3) is 0 Å². The molecule has 3 aromatic rings. The van der Waals surface area contributed by atoms with Crippen molar-refractivity contribution in [3.05, 3.63) is 95.0 Å². The number of likely N-dealkylation sites (tertiary alicyclic amines) is 1. The van der Waals surface area contributed by atoms with Crippen LogP contribution >= 0.6 is 0 Å². The number of rotatable bonds is 4. The zero-order valence-electron chi connectivity index (χ0n) is 19.8. The number of aliphatic imine (C=N–C) groups is 1. The van der Waals surface area contributed by atoms with E-state index in [-0.39, 0.29) is 17.3 Å². The van der Waals surface area contributed by atoms with Gasteiger partial charge in [-0.25, -0.2) is 9.38 Å². The largest absolute Gasteiger partial charge is 0.355 e. The maximum atomic E-state index is 14.6. The standard InChI is InChI=1S/C27H31FN6/c1-18(2)32-26(23-9-13-31-34(23)17-21-8-12-30-19(3)24(21)28)33-14-10-27(11-15-33)16-20-6-4-5-7-22(20)25(27)29/h4-9,12-13,25H,1,10-11,14-17,29H2,2-3H3/b32-26+/t25-/m1/s1. The number of nitrogens with two attached hydrogens (primary N) is 1. The minimum Gasteiger partial charge on any atom is -0.355 e. The van der Waals surface area contributed by atoms with E-state index in [0.717, 1.165) is 49.6 Å². The monoisotopic (exact) mass is 458 g/mol. The summed E-state index contributed by atoms with van der Waals surface area (Å²) in [6.45, 7) is 9.59. The molecule has 176 valence electrons. The Morgan fingerprint density at radius 3 is 2.71 bits per heavy atom. The summed E-state index contributed by atoms with van der Waals surface area (Å²) in [6.07, 6.45) is 6.38. The van der Waals surface area contributed by atoms with Crippen LogP contribution in [0.1, 0.15) is 53.9 Å². The number of piperidine rings is 1. The van der Waals surface area contributed by atoms with Crippen molar-refractivity contribution in [3.8, 4) is 0 Å². The molecule has 34 heavy (non-hydrogen) atoms. The molecule has 0 saturated carbocycles. The Bertz CT molecular complexity index is 1250. The van der Waals surface area contributed by atoms with Gasteiger partial charge in [-0.05, 0) is 61.8 Å². The number of hydrogen-bond acceptors (Lipinski definition) is 4. The topological polar surface area (TPSA) is 72.3 Å². The summed E-state index contributed by atoms with van der Waals surface area (Å²) in [6, 6.07) is 12.3. The van der Waals surface area contributed by atoms with E-state index in [1.165, 1.54) is 11.1 Å². The molecule has 2 aliphatic rings. The minimum absolute atomic E-state index is 0.0656. The lowest BCUT2D eigenvalue weighted by molar-refractivity contribution is 0.127. The van der Waals surface area contributed by atoms with Crippen molar-refractivity contribution in [2.24, 2.45) is 16.1 Å². The summed E-state index contributed by atoms with van der Waals surface area (Å²) in [5, 5.41) is 4.49. The van der Waals surface area contributed by atoms with Crippen LogP contribution in [0.2, 0.25) is 0 Å². The van der Waals surface area contributed by atoms with Gasteiger partial charge in [-0.1, -0.05) is 30.8 Å². The van der Waals surface area contributed by atoms with Crippen molar-refractivity contribution in [1.29, 1.82) is 0 Å². The maximum Gasteiger partial charge on any atom is 0.154 e. The van der Waals surface area contributed by atoms with Crippen LogP contribution in [0.15, 0.2) is 66.1 Å². The van der Waals surface area contributed by atoms with Crippen LogP contribution in [-0.2, 0) is 13.0 Å². The average molecular weight is 459 g/mol. The van der Waals surface area contributed by atoms with Gasteiger partial charge in [0.2, 0.25) is 0 Å². The predicted molar refractivity (Wildman–Crippen MR) is 132 cm³/mol. The van der Waals surface area contributed by atoms with Gasteiger partial charge >= 0.3 is 0 Å². The van der Waals surface area contributed by atoms with Crippen molar-refractivity contribution in [2.75, 3.05) is 13.1 Å².